The van der Waals surface area contributed by atoms with Gasteiger partial charge in [-0.05, 0) is 131 Å². The number of fused-ring (bicyclic) bond motifs is 2. The Bertz CT molecular complexity index is 1790. The molecule has 1 aliphatic heterocycles. The van der Waals surface area contributed by atoms with Gasteiger partial charge in [-0.1, -0.05) is 24.3 Å². The number of hydrogen-bond donors (Lipinski definition) is 1. The van der Waals surface area contributed by atoms with E-state index in [1.165, 1.54) is 38.5 Å². The molecule has 0 radical (unpaired) electrons. The van der Waals surface area contributed by atoms with Crippen LogP contribution in [0.5, 0.6) is 5.75 Å². The Balaban J connectivity index is 1.18. The molecule has 6 nitrogen and oxygen atoms in total. The van der Waals surface area contributed by atoms with E-state index in [1.54, 1.807) is 16.7 Å². The molecule has 3 aromatic rings. The van der Waals surface area contributed by atoms with Crippen LogP contribution in [0.25, 0.3) is 10.9 Å². The van der Waals surface area contributed by atoms with Crippen LogP contribution in [-0.2, 0) is 0 Å². The summed E-state index contributed by atoms with van der Waals surface area (Å²) in [4.78, 5) is 48.4. The molecule has 0 spiro atoms. The quantitative estimate of drug-likeness (QED) is 0.315. The molecule has 0 saturated heterocycles. The van der Waals surface area contributed by atoms with Crippen LogP contribution in [0.15, 0.2) is 47.5 Å². The second-order valence-corrected chi connectivity index (χ2v) is 16.1. The topological polar surface area (TPSA) is 88.7 Å². The minimum Gasteiger partial charge on any atom is -0.505 e. The summed E-state index contributed by atoms with van der Waals surface area (Å²) in [5.74, 6) is 3.18. The highest BCUT2D eigenvalue weighted by Gasteiger charge is 2.57. The van der Waals surface area contributed by atoms with Crippen molar-refractivity contribution in [2.45, 2.75) is 77.0 Å². The predicted octanol–water partition coefficient (Wildman–Crippen LogP) is 7.92. The normalized spacial score (nSPS) is 37.5. The van der Waals surface area contributed by atoms with Gasteiger partial charge in [-0.25, -0.2) is 4.99 Å². The highest BCUT2D eigenvalue weighted by Crippen LogP contribution is 2.63. The SMILES string of the molecule is O=C1C(c2c(O)c3c(C(=O)C45CC6CC(CC(C6)C4)C5)cccc3n2C(=O)C23CC4CC(CC(C4)C2)C3)=Nc2ccccc21. The number of para-hydroxylation sites is 1. The van der Waals surface area contributed by atoms with Crippen LogP contribution in [0.3, 0.4) is 0 Å². The van der Waals surface area contributed by atoms with Gasteiger partial charge in [0, 0.05) is 16.5 Å². The average molecular weight is 587 g/mol. The largest absolute Gasteiger partial charge is 0.505 e. The molecular formula is C38H38N2O4. The minimum absolute atomic E-state index is 0.0252. The molecule has 9 aliphatic rings. The van der Waals surface area contributed by atoms with Gasteiger partial charge in [0.15, 0.2) is 11.5 Å². The van der Waals surface area contributed by atoms with Gasteiger partial charge in [0.25, 0.3) is 0 Å². The summed E-state index contributed by atoms with van der Waals surface area (Å²) < 4.78 is 1.64. The zero-order chi connectivity index (χ0) is 29.5. The molecule has 8 bridgehead atoms. The maximum absolute atomic E-state index is 15.1. The lowest BCUT2D eigenvalue weighted by Gasteiger charge is -2.56. The first kappa shape index (κ1) is 25.8. The molecule has 2 aromatic carbocycles. The number of carbonyl (C=O) groups excluding carboxylic acids is 3. The monoisotopic (exact) mass is 586 g/mol. The van der Waals surface area contributed by atoms with E-state index in [0.717, 1.165) is 38.5 Å². The standard InChI is InChI=1S/C38H38N2O4/c41-33-26-4-1-2-6-28(26)39-31(33)32-34(42)30-27(35(43)37-14-20-8-21(15-37)10-22(9-20)16-37)5-3-7-29(30)40(32)36(44)38-17-23-11-24(18-38)13-25(12-23)19-38/h1-7,20-25,42H,8-19H2. The third kappa shape index (κ3) is 3.32. The number of hydrogen-bond acceptors (Lipinski definition) is 5. The fourth-order valence-electron chi connectivity index (χ4n) is 12.4. The highest BCUT2D eigenvalue weighted by molar-refractivity contribution is 6.55. The maximum atomic E-state index is 15.1. The molecule has 0 unspecified atom stereocenters. The third-order valence-corrected chi connectivity index (χ3v) is 13.2. The van der Waals surface area contributed by atoms with Crippen molar-refractivity contribution in [3.8, 4) is 5.75 Å². The summed E-state index contributed by atoms with van der Waals surface area (Å²) in [7, 11) is 0. The molecule has 0 atom stereocenters. The minimum atomic E-state index is -0.503. The van der Waals surface area contributed by atoms with E-state index in [1.807, 2.05) is 30.3 Å². The second kappa shape index (κ2) is 8.58. The van der Waals surface area contributed by atoms with E-state index in [9.17, 15) is 14.7 Å². The lowest BCUT2D eigenvalue weighted by atomic mass is 9.48. The van der Waals surface area contributed by atoms with E-state index < -0.39 is 10.8 Å². The number of aliphatic imine (C=N–C) groups is 1. The molecule has 8 fully saturated rings. The van der Waals surface area contributed by atoms with E-state index >= 15 is 4.79 Å². The average Bonchev–Trinajstić information content (AvgIpc) is 3.48. The molecule has 0 amide bonds. The van der Waals surface area contributed by atoms with Gasteiger partial charge < -0.3 is 5.11 Å². The lowest BCUT2D eigenvalue weighted by Crippen LogP contribution is -2.51. The molecule has 6 heteroatoms. The van der Waals surface area contributed by atoms with Crippen molar-refractivity contribution >= 4 is 39.8 Å². The highest BCUT2D eigenvalue weighted by atomic mass is 16.3. The number of ketones is 2. The summed E-state index contributed by atoms with van der Waals surface area (Å²) in [5.41, 5.74) is 1.46. The number of rotatable bonds is 4. The molecule has 12 rings (SSSR count). The molecular weight excluding hydrogens is 548 g/mol. The fraction of sp³-hybridized carbons (Fsp3) is 0.526. The summed E-state index contributed by atoms with van der Waals surface area (Å²) in [6.07, 6.45) is 12.7. The Hall–Kier alpha value is -3.54. The number of aromatic nitrogens is 1. The van der Waals surface area contributed by atoms with Crippen molar-refractivity contribution in [3.05, 3.63) is 59.3 Å². The number of carbonyl (C=O) groups is 3. The summed E-state index contributed by atoms with van der Waals surface area (Å²) >= 11 is 0. The number of nitrogens with zero attached hydrogens (tertiary/aromatic N) is 2. The van der Waals surface area contributed by atoms with Gasteiger partial charge in [-0.3, -0.25) is 19.0 Å². The maximum Gasteiger partial charge on any atom is 0.238 e. The smallest absolute Gasteiger partial charge is 0.238 e. The molecule has 8 saturated carbocycles. The summed E-state index contributed by atoms with van der Waals surface area (Å²) in [5, 5.41) is 12.6. The Morgan fingerprint density at radius 1 is 0.727 bits per heavy atom. The van der Waals surface area contributed by atoms with E-state index in [2.05, 4.69) is 0 Å². The number of aromatic hydroxyl groups is 1. The van der Waals surface area contributed by atoms with E-state index in [4.69, 9.17) is 4.99 Å². The fourth-order valence-corrected chi connectivity index (χ4v) is 12.4. The van der Waals surface area contributed by atoms with Crippen molar-refractivity contribution < 1.29 is 19.5 Å². The Morgan fingerprint density at radius 2 is 1.27 bits per heavy atom. The third-order valence-electron chi connectivity index (χ3n) is 13.2. The zero-order valence-electron chi connectivity index (χ0n) is 25.1. The van der Waals surface area contributed by atoms with Gasteiger partial charge in [0.1, 0.15) is 11.4 Å². The van der Waals surface area contributed by atoms with Crippen LogP contribution < -0.4 is 0 Å². The van der Waals surface area contributed by atoms with E-state index in [0.29, 0.717) is 63.2 Å². The molecule has 1 aromatic heterocycles. The first-order chi connectivity index (χ1) is 21.3. The first-order valence-electron chi connectivity index (χ1n) is 17.0. The van der Waals surface area contributed by atoms with Crippen molar-refractivity contribution in [2.75, 3.05) is 0 Å². The van der Waals surface area contributed by atoms with Crippen LogP contribution in [0, 0.1) is 46.3 Å². The summed E-state index contributed by atoms with van der Waals surface area (Å²) in [6, 6.07) is 12.8. The van der Waals surface area contributed by atoms with E-state index in [-0.39, 0.29) is 34.6 Å². The van der Waals surface area contributed by atoms with Crippen molar-refractivity contribution in [1.82, 2.24) is 4.57 Å². The van der Waals surface area contributed by atoms with Crippen LogP contribution in [0.1, 0.15) is 108 Å². The van der Waals surface area contributed by atoms with Gasteiger partial charge in [0.05, 0.1) is 22.0 Å². The Kier molecular flexibility index (Phi) is 5.02. The van der Waals surface area contributed by atoms with Crippen molar-refractivity contribution in [2.24, 2.45) is 51.3 Å². The lowest BCUT2D eigenvalue weighted by molar-refractivity contribution is -0.0398. The number of Topliss-reactive ketones (excluding diaryl/α,β-unsaturated/α-hetero) is 2. The van der Waals surface area contributed by atoms with Crippen LogP contribution in [0.2, 0.25) is 0 Å². The Morgan fingerprint density at radius 3 is 1.84 bits per heavy atom. The molecule has 2 heterocycles. The van der Waals surface area contributed by atoms with Gasteiger partial charge in [-0.2, -0.15) is 0 Å². The first-order valence-corrected chi connectivity index (χ1v) is 17.0. The molecule has 44 heavy (non-hydrogen) atoms. The van der Waals surface area contributed by atoms with Gasteiger partial charge in [0.2, 0.25) is 11.7 Å². The molecule has 8 aliphatic carbocycles. The zero-order valence-corrected chi connectivity index (χ0v) is 25.1. The van der Waals surface area contributed by atoms with Crippen molar-refractivity contribution in [3.63, 3.8) is 0 Å². The van der Waals surface area contributed by atoms with Crippen LogP contribution >= 0.6 is 0 Å². The molecule has 1 N–H and O–H groups in total. The molecule has 224 valence electrons. The van der Waals surface area contributed by atoms with Crippen molar-refractivity contribution in [1.29, 1.82) is 0 Å². The van der Waals surface area contributed by atoms with Gasteiger partial charge >= 0.3 is 0 Å². The van der Waals surface area contributed by atoms with Gasteiger partial charge in [-0.15, -0.1) is 0 Å². The van der Waals surface area contributed by atoms with Crippen LogP contribution in [-0.4, -0.2) is 32.9 Å². The number of benzene rings is 2. The summed E-state index contributed by atoms with van der Waals surface area (Å²) in [6.45, 7) is 0. The second-order valence-electron chi connectivity index (χ2n) is 16.1. The van der Waals surface area contributed by atoms with Crippen LogP contribution in [0.4, 0.5) is 5.69 Å². The Labute approximate surface area is 256 Å². The predicted molar refractivity (Wildman–Crippen MR) is 167 cm³/mol.